The number of hydrogen-bond acceptors (Lipinski definition) is 9. The van der Waals surface area contributed by atoms with Crippen LogP contribution in [0.2, 0.25) is 0 Å². The van der Waals surface area contributed by atoms with E-state index in [2.05, 4.69) is 10.1 Å². The van der Waals surface area contributed by atoms with Crippen LogP contribution in [0.4, 0.5) is 5.13 Å². The van der Waals surface area contributed by atoms with Gasteiger partial charge in [0.1, 0.15) is 5.69 Å². The van der Waals surface area contributed by atoms with E-state index in [1.807, 2.05) is 0 Å². The Hall–Kier alpha value is -1.98. The van der Waals surface area contributed by atoms with Crippen LogP contribution in [0.3, 0.4) is 0 Å². The van der Waals surface area contributed by atoms with E-state index in [-0.39, 0.29) is 39.1 Å². The molecule has 2 aliphatic rings. The minimum absolute atomic E-state index is 0.00254. The normalized spacial score (nSPS) is 19.0. The third-order valence-electron chi connectivity index (χ3n) is 4.47. The Bertz CT molecular complexity index is 973. The topological polar surface area (TPSA) is 126 Å². The largest absolute Gasteiger partial charge is 0.461 e. The molecule has 4 heterocycles. The van der Waals surface area contributed by atoms with Gasteiger partial charge in [-0.1, -0.05) is 11.3 Å². The zero-order valence-corrected chi connectivity index (χ0v) is 15.7. The zero-order valence-electron chi connectivity index (χ0n) is 14.1. The molecule has 2 aromatic heterocycles. The Morgan fingerprint density at radius 1 is 1.42 bits per heavy atom. The van der Waals surface area contributed by atoms with Crippen LogP contribution >= 0.6 is 11.3 Å². The molecule has 0 spiro atoms. The van der Waals surface area contributed by atoms with Gasteiger partial charge in [0, 0.05) is 18.8 Å². The molecular weight excluding hydrogens is 380 g/mol. The molecule has 0 bridgehead atoms. The van der Waals surface area contributed by atoms with Crippen LogP contribution in [0.1, 0.15) is 41.9 Å². The molecule has 0 amide bonds. The van der Waals surface area contributed by atoms with Crippen LogP contribution in [0.5, 0.6) is 0 Å². The first-order valence-corrected chi connectivity index (χ1v) is 10.7. The standard InChI is InChI=1S/C15H18N4O5S2/c1-2-24-13(20)10-9-7-26(21,22)14-11(17-15(16)25-14)12(9)19(18-10)8-3-5-23-6-4-8/h8H,2-7H2,1H3,(H2,16,17). The van der Waals surface area contributed by atoms with Crippen molar-refractivity contribution in [3.05, 3.63) is 11.3 Å². The molecule has 11 heteroatoms. The maximum absolute atomic E-state index is 12.7. The lowest BCUT2D eigenvalue weighted by atomic mass is 10.1. The minimum atomic E-state index is -3.63. The predicted octanol–water partition coefficient (Wildman–Crippen LogP) is 1.40. The van der Waals surface area contributed by atoms with Gasteiger partial charge in [0.2, 0.25) is 0 Å². The number of nitrogens with two attached hydrogens (primary N) is 1. The molecule has 0 atom stereocenters. The number of sulfone groups is 1. The summed E-state index contributed by atoms with van der Waals surface area (Å²) < 4.78 is 37.7. The number of ether oxygens (including phenoxy) is 2. The van der Waals surface area contributed by atoms with Crippen LogP contribution in [0.25, 0.3) is 11.4 Å². The van der Waals surface area contributed by atoms with Gasteiger partial charge >= 0.3 is 5.97 Å². The van der Waals surface area contributed by atoms with Gasteiger partial charge in [0.25, 0.3) is 0 Å². The second-order valence-electron chi connectivity index (χ2n) is 6.13. The molecule has 0 saturated carbocycles. The Kier molecular flexibility index (Phi) is 4.24. The average Bonchev–Trinajstić information content (AvgIpc) is 3.16. The maximum Gasteiger partial charge on any atom is 0.359 e. The summed E-state index contributed by atoms with van der Waals surface area (Å²) in [6, 6.07) is -0.00254. The number of thiazole rings is 1. The van der Waals surface area contributed by atoms with Crippen LogP contribution < -0.4 is 5.73 Å². The van der Waals surface area contributed by atoms with Crippen LogP contribution in [-0.4, -0.2) is 49.0 Å². The zero-order chi connectivity index (χ0) is 18.5. The summed E-state index contributed by atoms with van der Waals surface area (Å²) >= 11 is 0.941. The van der Waals surface area contributed by atoms with Crippen LogP contribution in [0, 0.1) is 0 Å². The molecule has 1 fully saturated rings. The second-order valence-corrected chi connectivity index (χ2v) is 9.35. The Labute approximate surface area is 154 Å². The smallest absolute Gasteiger partial charge is 0.359 e. The van der Waals surface area contributed by atoms with E-state index in [0.717, 1.165) is 24.2 Å². The Morgan fingerprint density at radius 3 is 2.85 bits per heavy atom. The molecular formula is C15H18N4O5S2. The number of hydrogen-bond donors (Lipinski definition) is 1. The number of aromatic nitrogens is 3. The highest BCUT2D eigenvalue weighted by atomic mass is 32.2. The highest BCUT2D eigenvalue weighted by Gasteiger charge is 2.40. The van der Waals surface area contributed by atoms with Gasteiger partial charge in [-0.15, -0.1) is 0 Å². The number of esters is 1. The minimum Gasteiger partial charge on any atom is -0.461 e. The number of rotatable bonds is 3. The van der Waals surface area contributed by atoms with Gasteiger partial charge in [-0.2, -0.15) is 5.10 Å². The fraction of sp³-hybridized carbons (Fsp3) is 0.533. The third-order valence-corrected chi connectivity index (χ3v) is 7.59. The van der Waals surface area contributed by atoms with Crippen molar-refractivity contribution in [3.8, 4) is 11.4 Å². The summed E-state index contributed by atoms with van der Waals surface area (Å²) in [6.45, 7) is 3.03. The maximum atomic E-state index is 12.7. The Balaban J connectivity index is 1.95. The lowest BCUT2D eigenvalue weighted by Gasteiger charge is -2.25. The molecule has 1 saturated heterocycles. The SMILES string of the molecule is CCOC(=O)c1nn(C2CCOCC2)c2c1CS(=O)(=O)c1sc(N)nc1-2. The number of carbonyl (C=O) groups excluding carboxylic acids is 1. The highest BCUT2D eigenvalue weighted by Crippen LogP contribution is 2.44. The number of nitrogens with zero attached hydrogens (tertiary/aromatic N) is 3. The molecule has 0 aromatic carbocycles. The van der Waals surface area contributed by atoms with Gasteiger partial charge in [0.05, 0.1) is 24.1 Å². The van der Waals surface area contributed by atoms with Crippen molar-refractivity contribution >= 4 is 32.3 Å². The fourth-order valence-corrected chi connectivity index (χ4v) is 6.08. The predicted molar refractivity (Wildman–Crippen MR) is 93.7 cm³/mol. The molecule has 9 nitrogen and oxygen atoms in total. The van der Waals surface area contributed by atoms with Gasteiger partial charge in [-0.3, -0.25) is 4.68 Å². The second kappa shape index (κ2) is 6.32. The number of nitrogen functional groups attached to an aromatic ring is 1. The van der Waals surface area contributed by atoms with Crippen LogP contribution in [0.15, 0.2) is 4.21 Å². The van der Waals surface area contributed by atoms with E-state index >= 15 is 0 Å². The number of fused-ring (bicyclic) bond motifs is 3. The third kappa shape index (κ3) is 2.70. The summed E-state index contributed by atoms with van der Waals surface area (Å²) in [4.78, 5) is 16.6. The van der Waals surface area contributed by atoms with Crippen molar-refractivity contribution in [2.24, 2.45) is 0 Å². The van der Waals surface area contributed by atoms with E-state index in [1.165, 1.54) is 0 Å². The van der Waals surface area contributed by atoms with Gasteiger partial charge < -0.3 is 15.2 Å². The number of anilines is 1. The summed E-state index contributed by atoms with van der Waals surface area (Å²) in [5, 5.41) is 4.62. The van der Waals surface area contributed by atoms with Gasteiger partial charge in [-0.05, 0) is 19.8 Å². The monoisotopic (exact) mass is 398 g/mol. The summed E-state index contributed by atoms with van der Waals surface area (Å²) in [5.41, 5.74) is 6.99. The van der Waals surface area contributed by atoms with Crippen molar-refractivity contribution < 1.29 is 22.7 Å². The van der Waals surface area contributed by atoms with Crippen molar-refractivity contribution in [2.75, 3.05) is 25.6 Å². The first-order chi connectivity index (χ1) is 12.4. The summed E-state index contributed by atoms with van der Waals surface area (Å²) in [6.07, 6.45) is 1.44. The lowest BCUT2D eigenvalue weighted by molar-refractivity contribution is 0.0512. The highest BCUT2D eigenvalue weighted by molar-refractivity contribution is 7.93. The van der Waals surface area contributed by atoms with Crippen molar-refractivity contribution in [1.82, 2.24) is 14.8 Å². The van der Waals surface area contributed by atoms with Crippen molar-refractivity contribution in [1.29, 1.82) is 0 Å². The summed E-state index contributed by atoms with van der Waals surface area (Å²) in [7, 11) is -3.63. The lowest BCUT2D eigenvalue weighted by Crippen LogP contribution is -2.22. The van der Waals surface area contributed by atoms with E-state index in [9.17, 15) is 13.2 Å². The first-order valence-electron chi connectivity index (χ1n) is 8.28. The van der Waals surface area contributed by atoms with E-state index in [1.54, 1.807) is 11.6 Å². The van der Waals surface area contributed by atoms with E-state index < -0.39 is 15.8 Å². The Morgan fingerprint density at radius 2 is 2.15 bits per heavy atom. The van der Waals surface area contributed by atoms with Crippen LogP contribution in [-0.2, 0) is 25.1 Å². The molecule has 2 aliphatic heterocycles. The molecule has 26 heavy (non-hydrogen) atoms. The van der Waals surface area contributed by atoms with Gasteiger partial charge in [0.15, 0.2) is 24.9 Å². The number of carbonyl (C=O) groups is 1. The molecule has 0 unspecified atom stereocenters. The van der Waals surface area contributed by atoms with E-state index in [0.29, 0.717) is 24.5 Å². The fourth-order valence-electron chi connectivity index (χ4n) is 3.35. The van der Waals surface area contributed by atoms with Crippen molar-refractivity contribution in [2.45, 2.75) is 35.8 Å². The summed E-state index contributed by atoms with van der Waals surface area (Å²) in [5.74, 6) is -0.939. The average molecular weight is 398 g/mol. The first kappa shape index (κ1) is 17.4. The quantitative estimate of drug-likeness (QED) is 0.769. The molecule has 2 N–H and O–H groups in total. The van der Waals surface area contributed by atoms with Gasteiger partial charge in [-0.25, -0.2) is 18.2 Å². The molecule has 2 aromatic rings. The molecule has 0 radical (unpaired) electrons. The molecule has 0 aliphatic carbocycles. The van der Waals surface area contributed by atoms with E-state index in [4.69, 9.17) is 15.2 Å². The van der Waals surface area contributed by atoms with Crippen molar-refractivity contribution in [3.63, 3.8) is 0 Å². The molecule has 140 valence electrons. The molecule has 4 rings (SSSR count).